The summed E-state index contributed by atoms with van der Waals surface area (Å²) in [5, 5.41) is 11.6. The zero-order chi connectivity index (χ0) is 16.2. The maximum atomic E-state index is 12.4. The molecule has 1 aliphatic rings. The molecule has 0 aromatic heterocycles. The molecule has 1 heterocycles. The van der Waals surface area contributed by atoms with Crippen LogP contribution >= 0.6 is 0 Å². The lowest BCUT2D eigenvalue weighted by Crippen LogP contribution is -2.61. The molecule has 0 unspecified atom stereocenters. The number of carboxylic acid groups (broad SMARTS) is 1. The van der Waals surface area contributed by atoms with Crippen LogP contribution in [0.25, 0.3) is 0 Å². The van der Waals surface area contributed by atoms with E-state index in [4.69, 9.17) is 15.6 Å². The van der Waals surface area contributed by atoms with Crippen molar-refractivity contribution < 1.29 is 24.2 Å². The molecule has 1 aliphatic heterocycles. The Labute approximate surface area is 122 Å². The summed E-state index contributed by atoms with van der Waals surface area (Å²) < 4.78 is 5.25. The molecule has 0 saturated heterocycles. The van der Waals surface area contributed by atoms with Gasteiger partial charge in [0.15, 0.2) is 6.10 Å². The van der Waals surface area contributed by atoms with Crippen molar-refractivity contribution in [2.75, 3.05) is 13.1 Å². The van der Waals surface area contributed by atoms with Crippen LogP contribution in [0.1, 0.15) is 20.8 Å². The number of carboxylic acids is 1. The highest BCUT2D eigenvalue weighted by atomic mass is 16.5. The maximum absolute atomic E-state index is 12.4. The second-order valence-electron chi connectivity index (χ2n) is 4.69. The molecule has 1 rings (SSSR count). The van der Waals surface area contributed by atoms with Crippen molar-refractivity contribution in [3.8, 4) is 0 Å². The quantitative estimate of drug-likeness (QED) is 0.602. The predicted molar refractivity (Wildman–Crippen MR) is 74.1 cm³/mol. The Bertz CT molecular complexity index is 459. The van der Waals surface area contributed by atoms with Crippen molar-refractivity contribution >= 4 is 17.8 Å². The minimum absolute atomic E-state index is 0.372. The topological polar surface area (TPSA) is 122 Å². The molecule has 21 heavy (non-hydrogen) atoms. The van der Waals surface area contributed by atoms with Crippen LogP contribution in [0.3, 0.4) is 0 Å². The molecule has 4 N–H and O–H groups in total. The second-order valence-corrected chi connectivity index (χ2v) is 4.69. The van der Waals surface area contributed by atoms with Gasteiger partial charge in [0.25, 0.3) is 5.91 Å². The molecular weight excluding hydrogens is 278 g/mol. The summed E-state index contributed by atoms with van der Waals surface area (Å²) in [6.45, 7) is 5.78. The molecule has 0 bridgehead atoms. The third-order valence-corrected chi connectivity index (χ3v) is 3.24. The fourth-order valence-electron chi connectivity index (χ4n) is 2.18. The molecule has 0 fully saturated rings. The molecule has 3 atom stereocenters. The van der Waals surface area contributed by atoms with Crippen LogP contribution in [0.15, 0.2) is 11.8 Å². The summed E-state index contributed by atoms with van der Waals surface area (Å²) in [7, 11) is 0. The molecule has 0 spiro atoms. The number of nitrogens with one attached hydrogen (secondary N) is 1. The number of likely N-dealkylation sites (N-methyl/N-ethyl adjacent to an activating group) is 1. The van der Waals surface area contributed by atoms with Gasteiger partial charge in [-0.3, -0.25) is 9.59 Å². The number of nitrogens with two attached hydrogens (primary N) is 1. The van der Waals surface area contributed by atoms with E-state index in [1.807, 2.05) is 0 Å². The van der Waals surface area contributed by atoms with Crippen molar-refractivity contribution in [2.24, 2.45) is 5.73 Å². The van der Waals surface area contributed by atoms with Gasteiger partial charge in [0.2, 0.25) is 11.7 Å². The number of ether oxygens (including phenoxy) is 1. The second kappa shape index (κ2) is 7.07. The SMILES string of the molecule is CCN(CC)C(=O)[C@@H]1OC(C(=O)O)=C[C@H](N)[C@H]1NC(C)=O. The minimum Gasteiger partial charge on any atom is -0.475 e. The van der Waals surface area contributed by atoms with Gasteiger partial charge in [0.05, 0.1) is 12.1 Å². The molecule has 118 valence electrons. The predicted octanol–water partition coefficient (Wildman–Crippen LogP) is -0.946. The van der Waals surface area contributed by atoms with Gasteiger partial charge in [-0.2, -0.15) is 0 Å². The Balaban J connectivity index is 3.09. The van der Waals surface area contributed by atoms with Crippen LogP contribution < -0.4 is 11.1 Å². The monoisotopic (exact) mass is 299 g/mol. The van der Waals surface area contributed by atoms with Gasteiger partial charge in [0.1, 0.15) is 0 Å². The van der Waals surface area contributed by atoms with Gasteiger partial charge in [-0.05, 0) is 19.9 Å². The van der Waals surface area contributed by atoms with E-state index in [2.05, 4.69) is 5.32 Å². The summed E-state index contributed by atoms with van der Waals surface area (Å²) in [5.74, 6) is -2.46. The fourth-order valence-corrected chi connectivity index (χ4v) is 2.18. The number of rotatable bonds is 5. The highest BCUT2D eigenvalue weighted by Crippen LogP contribution is 2.19. The molecule has 0 aliphatic carbocycles. The van der Waals surface area contributed by atoms with Crippen molar-refractivity contribution in [1.82, 2.24) is 10.2 Å². The Morgan fingerprint density at radius 3 is 2.38 bits per heavy atom. The van der Waals surface area contributed by atoms with Gasteiger partial charge < -0.3 is 25.8 Å². The highest BCUT2D eigenvalue weighted by Gasteiger charge is 2.41. The smallest absolute Gasteiger partial charge is 0.370 e. The van der Waals surface area contributed by atoms with E-state index >= 15 is 0 Å². The Hall–Kier alpha value is -2.09. The number of nitrogens with zero attached hydrogens (tertiary/aromatic N) is 1. The molecule has 0 aromatic carbocycles. The number of aliphatic carboxylic acids is 1. The van der Waals surface area contributed by atoms with Crippen molar-refractivity contribution in [3.63, 3.8) is 0 Å². The first-order chi connectivity index (χ1) is 9.81. The lowest BCUT2D eigenvalue weighted by Gasteiger charge is -2.36. The molecule has 2 amide bonds. The molecule has 0 saturated carbocycles. The Morgan fingerprint density at radius 1 is 1.38 bits per heavy atom. The molecule has 0 aromatic rings. The first-order valence-electron chi connectivity index (χ1n) is 6.75. The lowest BCUT2D eigenvalue weighted by molar-refractivity contribution is -0.149. The molecular formula is C13H21N3O5. The largest absolute Gasteiger partial charge is 0.475 e. The van der Waals surface area contributed by atoms with Crippen LogP contribution in [-0.4, -0.2) is 59.1 Å². The first-order valence-corrected chi connectivity index (χ1v) is 6.75. The van der Waals surface area contributed by atoms with Crippen molar-refractivity contribution in [3.05, 3.63) is 11.8 Å². The summed E-state index contributed by atoms with van der Waals surface area (Å²) in [4.78, 5) is 36.2. The van der Waals surface area contributed by atoms with E-state index in [0.717, 1.165) is 0 Å². The zero-order valence-electron chi connectivity index (χ0n) is 12.3. The minimum atomic E-state index is -1.30. The summed E-state index contributed by atoms with van der Waals surface area (Å²) in [6, 6.07) is -1.63. The maximum Gasteiger partial charge on any atom is 0.370 e. The standard InChI is InChI=1S/C13H21N3O5/c1-4-16(5-2)12(18)11-10(15-7(3)17)8(14)6-9(21-11)13(19)20/h6,8,10-11H,4-5,14H2,1-3H3,(H,15,17)(H,19,20)/t8-,10+,11+/m0/s1. The summed E-state index contributed by atoms with van der Waals surface area (Å²) >= 11 is 0. The Kier molecular flexibility index (Phi) is 5.71. The van der Waals surface area contributed by atoms with E-state index in [9.17, 15) is 14.4 Å². The highest BCUT2D eigenvalue weighted by molar-refractivity contribution is 5.88. The average molecular weight is 299 g/mol. The van der Waals surface area contributed by atoms with Crippen LogP contribution in [-0.2, 0) is 19.1 Å². The average Bonchev–Trinajstić information content (AvgIpc) is 2.41. The normalized spacial score (nSPS) is 24.6. The van der Waals surface area contributed by atoms with Gasteiger partial charge in [-0.1, -0.05) is 0 Å². The molecule has 8 nitrogen and oxygen atoms in total. The number of carbonyl (C=O) groups is 3. The van der Waals surface area contributed by atoms with E-state index in [-0.39, 0.29) is 11.7 Å². The summed E-state index contributed by atoms with van der Waals surface area (Å²) in [6.07, 6.45) is 0.0366. The van der Waals surface area contributed by atoms with Gasteiger partial charge in [-0.25, -0.2) is 4.79 Å². The van der Waals surface area contributed by atoms with E-state index in [1.165, 1.54) is 17.9 Å². The van der Waals surface area contributed by atoms with Gasteiger partial charge in [-0.15, -0.1) is 0 Å². The van der Waals surface area contributed by atoms with Gasteiger partial charge in [0, 0.05) is 20.0 Å². The van der Waals surface area contributed by atoms with Crippen LogP contribution in [0, 0.1) is 0 Å². The first kappa shape index (κ1) is 17.0. The number of hydrogen-bond acceptors (Lipinski definition) is 5. The Morgan fingerprint density at radius 2 is 1.95 bits per heavy atom. The number of hydrogen-bond donors (Lipinski definition) is 3. The van der Waals surface area contributed by atoms with Crippen LogP contribution in [0.5, 0.6) is 0 Å². The third kappa shape index (κ3) is 3.94. The van der Waals surface area contributed by atoms with Crippen molar-refractivity contribution in [2.45, 2.75) is 39.0 Å². The molecule has 8 heteroatoms. The van der Waals surface area contributed by atoms with Gasteiger partial charge >= 0.3 is 5.97 Å². The van der Waals surface area contributed by atoms with E-state index in [0.29, 0.717) is 13.1 Å². The van der Waals surface area contributed by atoms with Crippen LogP contribution in [0.4, 0.5) is 0 Å². The number of carbonyl (C=O) groups excluding carboxylic acids is 2. The third-order valence-electron chi connectivity index (χ3n) is 3.24. The fraction of sp³-hybridized carbons (Fsp3) is 0.615. The molecule has 0 radical (unpaired) electrons. The lowest BCUT2D eigenvalue weighted by atomic mass is 9.97. The zero-order valence-corrected chi connectivity index (χ0v) is 12.3. The summed E-state index contributed by atoms with van der Waals surface area (Å²) in [5.41, 5.74) is 5.86. The van der Waals surface area contributed by atoms with Crippen LogP contribution in [0.2, 0.25) is 0 Å². The van der Waals surface area contributed by atoms with E-state index < -0.39 is 30.1 Å². The number of amides is 2. The van der Waals surface area contributed by atoms with E-state index in [1.54, 1.807) is 13.8 Å². The van der Waals surface area contributed by atoms with Crippen molar-refractivity contribution in [1.29, 1.82) is 0 Å².